The lowest BCUT2D eigenvalue weighted by atomic mass is 9.89. The summed E-state index contributed by atoms with van der Waals surface area (Å²) in [5, 5.41) is 16.9. The molecular weight excluding hydrogens is 474 g/mol. The highest BCUT2D eigenvalue weighted by molar-refractivity contribution is 5.97. The molecule has 1 aliphatic rings. The van der Waals surface area contributed by atoms with Gasteiger partial charge in [-0.1, -0.05) is 18.2 Å². The van der Waals surface area contributed by atoms with Gasteiger partial charge in [-0.15, -0.1) is 0 Å². The molecule has 2 aromatic rings. The van der Waals surface area contributed by atoms with E-state index in [2.05, 4.69) is 26.8 Å². The second-order valence-corrected chi connectivity index (χ2v) is 8.84. The minimum absolute atomic E-state index is 0.0859. The van der Waals surface area contributed by atoms with Crippen molar-refractivity contribution in [2.45, 2.75) is 32.6 Å². The molecule has 0 radical (unpaired) electrons. The van der Waals surface area contributed by atoms with Crippen LogP contribution in [0.2, 0.25) is 0 Å². The summed E-state index contributed by atoms with van der Waals surface area (Å²) >= 11 is 0. The fourth-order valence-corrected chi connectivity index (χ4v) is 4.08. The Morgan fingerprint density at radius 1 is 1.03 bits per heavy atom. The van der Waals surface area contributed by atoms with Crippen LogP contribution in [-0.4, -0.2) is 61.5 Å². The molecule has 3 rings (SSSR count). The fourth-order valence-electron chi connectivity index (χ4n) is 4.08. The van der Waals surface area contributed by atoms with Crippen LogP contribution in [0.25, 0.3) is 0 Å². The molecule has 0 atom stereocenters. The van der Waals surface area contributed by atoms with Gasteiger partial charge in [0.15, 0.2) is 6.61 Å². The number of ether oxygens (including phenoxy) is 1. The number of carbonyl (C=O) groups excluding carboxylic acids is 4. The summed E-state index contributed by atoms with van der Waals surface area (Å²) in [6, 6.07) is 14.5. The maximum absolute atomic E-state index is 13.1. The highest BCUT2D eigenvalue weighted by atomic mass is 16.5. The summed E-state index contributed by atoms with van der Waals surface area (Å²) in [4.78, 5) is 49.5. The van der Waals surface area contributed by atoms with Gasteiger partial charge < -0.3 is 25.6 Å². The number of piperidine rings is 1. The summed E-state index contributed by atoms with van der Waals surface area (Å²) in [7, 11) is 0. The quantitative estimate of drug-likeness (QED) is 0.372. The van der Waals surface area contributed by atoms with Crippen LogP contribution in [0.5, 0.6) is 0 Å². The minimum Gasteiger partial charge on any atom is -0.456 e. The van der Waals surface area contributed by atoms with Crippen molar-refractivity contribution in [3.8, 4) is 6.07 Å². The minimum atomic E-state index is -0.545. The molecular formula is C27H31N5O5. The maximum atomic E-state index is 13.1. The molecule has 10 heteroatoms. The Balaban J connectivity index is 1.48. The molecule has 1 fully saturated rings. The first-order chi connectivity index (χ1) is 17.8. The molecule has 0 aromatic heterocycles. The zero-order valence-electron chi connectivity index (χ0n) is 21.0. The van der Waals surface area contributed by atoms with Gasteiger partial charge in [-0.25, -0.2) is 4.79 Å². The maximum Gasteiger partial charge on any atom is 0.319 e. The van der Waals surface area contributed by atoms with Gasteiger partial charge in [0, 0.05) is 44.4 Å². The zero-order valence-corrected chi connectivity index (χ0v) is 21.0. The third kappa shape index (κ3) is 8.07. The number of amides is 4. The van der Waals surface area contributed by atoms with Crippen LogP contribution in [-0.2, 0) is 14.3 Å². The normalized spacial score (nSPS) is 13.3. The van der Waals surface area contributed by atoms with E-state index < -0.39 is 17.9 Å². The molecule has 0 saturated carbocycles. The molecule has 0 bridgehead atoms. The number of nitriles is 1. The van der Waals surface area contributed by atoms with Crippen molar-refractivity contribution >= 4 is 29.5 Å². The van der Waals surface area contributed by atoms with Crippen LogP contribution < -0.4 is 16.0 Å². The van der Waals surface area contributed by atoms with Crippen molar-refractivity contribution in [2.24, 2.45) is 0 Å². The van der Waals surface area contributed by atoms with Gasteiger partial charge in [-0.2, -0.15) is 5.26 Å². The first-order valence-corrected chi connectivity index (χ1v) is 12.1. The fraction of sp³-hybridized carbons (Fsp3) is 0.370. The van der Waals surface area contributed by atoms with Gasteiger partial charge in [-0.05, 0) is 61.1 Å². The van der Waals surface area contributed by atoms with Crippen LogP contribution in [0.4, 0.5) is 10.5 Å². The molecule has 0 aliphatic carbocycles. The molecule has 1 saturated heterocycles. The Labute approximate surface area is 216 Å². The summed E-state index contributed by atoms with van der Waals surface area (Å²) < 4.78 is 4.59. The third-order valence-corrected chi connectivity index (χ3v) is 6.17. The smallest absolute Gasteiger partial charge is 0.319 e. The van der Waals surface area contributed by atoms with Crippen LogP contribution in [0, 0.1) is 18.3 Å². The average Bonchev–Trinajstić information content (AvgIpc) is 2.91. The SMILES string of the molecule is CC(=O)OCC(=O)NCCNC(=O)Nc1cc(C(=O)N2CCC(c3ccc(C#N)cc3)CC2)ccc1C. The lowest BCUT2D eigenvalue weighted by molar-refractivity contribution is -0.146. The Kier molecular flexibility index (Phi) is 9.61. The molecule has 1 heterocycles. The number of aryl methyl sites for hydroxylation is 1. The number of anilines is 1. The van der Waals surface area contributed by atoms with E-state index in [4.69, 9.17) is 5.26 Å². The first-order valence-electron chi connectivity index (χ1n) is 12.1. The van der Waals surface area contributed by atoms with Crippen molar-refractivity contribution in [1.29, 1.82) is 5.26 Å². The second kappa shape index (κ2) is 13.1. The molecule has 37 heavy (non-hydrogen) atoms. The predicted molar refractivity (Wildman–Crippen MR) is 137 cm³/mol. The largest absolute Gasteiger partial charge is 0.456 e. The average molecular weight is 506 g/mol. The molecule has 0 spiro atoms. The van der Waals surface area contributed by atoms with E-state index in [0.29, 0.717) is 35.8 Å². The lowest BCUT2D eigenvalue weighted by Gasteiger charge is -2.32. The molecule has 3 N–H and O–H groups in total. The van der Waals surface area contributed by atoms with Crippen molar-refractivity contribution in [1.82, 2.24) is 15.5 Å². The highest BCUT2D eigenvalue weighted by Crippen LogP contribution is 2.29. The van der Waals surface area contributed by atoms with Crippen molar-refractivity contribution in [3.63, 3.8) is 0 Å². The summed E-state index contributed by atoms with van der Waals surface area (Å²) in [5.74, 6) is -0.740. The van der Waals surface area contributed by atoms with Gasteiger partial charge in [-0.3, -0.25) is 14.4 Å². The van der Waals surface area contributed by atoms with Gasteiger partial charge in [0.25, 0.3) is 11.8 Å². The van der Waals surface area contributed by atoms with Crippen molar-refractivity contribution in [3.05, 3.63) is 64.7 Å². The first kappa shape index (κ1) is 27.2. The number of nitrogens with zero attached hydrogens (tertiary/aromatic N) is 2. The van der Waals surface area contributed by atoms with E-state index in [1.54, 1.807) is 18.2 Å². The molecule has 0 unspecified atom stereocenters. The van der Waals surface area contributed by atoms with Gasteiger partial charge in [0.05, 0.1) is 11.6 Å². The molecule has 1 aliphatic heterocycles. The summed E-state index contributed by atoms with van der Waals surface area (Å²) in [6.07, 6.45) is 1.68. The van der Waals surface area contributed by atoms with E-state index >= 15 is 0 Å². The Bertz CT molecular complexity index is 1180. The van der Waals surface area contributed by atoms with Crippen LogP contribution in [0.3, 0.4) is 0 Å². The van der Waals surface area contributed by atoms with E-state index in [-0.39, 0.29) is 25.6 Å². The van der Waals surface area contributed by atoms with E-state index in [1.165, 1.54) is 12.5 Å². The van der Waals surface area contributed by atoms with Crippen LogP contribution in [0.1, 0.15) is 52.7 Å². The zero-order chi connectivity index (χ0) is 26.8. The van der Waals surface area contributed by atoms with E-state index in [9.17, 15) is 19.2 Å². The third-order valence-electron chi connectivity index (χ3n) is 6.17. The van der Waals surface area contributed by atoms with Crippen molar-refractivity contribution in [2.75, 3.05) is 38.1 Å². The molecule has 194 valence electrons. The number of esters is 1. The number of benzene rings is 2. The Hall–Kier alpha value is -4.39. The number of likely N-dealkylation sites (tertiary alicyclic amines) is 1. The van der Waals surface area contributed by atoms with Gasteiger partial charge >= 0.3 is 12.0 Å². The monoisotopic (exact) mass is 505 g/mol. The van der Waals surface area contributed by atoms with Crippen LogP contribution >= 0.6 is 0 Å². The van der Waals surface area contributed by atoms with Crippen LogP contribution in [0.15, 0.2) is 42.5 Å². The molecule has 10 nitrogen and oxygen atoms in total. The number of hydrogen-bond acceptors (Lipinski definition) is 6. The summed E-state index contributed by atoms with van der Waals surface area (Å²) in [6.45, 7) is 4.28. The Morgan fingerprint density at radius 3 is 2.35 bits per heavy atom. The predicted octanol–water partition coefficient (Wildman–Crippen LogP) is 2.69. The van der Waals surface area contributed by atoms with Crippen molar-refractivity contribution < 1.29 is 23.9 Å². The molecule has 2 aromatic carbocycles. The second-order valence-electron chi connectivity index (χ2n) is 8.84. The Morgan fingerprint density at radius 2 is 1.70 bits per heavy atom. The van der Waals surface area contributed by atoms with Gasteiger partial charge in [0.1, 0.15) is 0 Å². The number of hydrogen-bond donors (Lipinski definition) is 3. The standard InChI is InChI=1S/C27H31N5O5/c1-18-3-6-23(15-24(18)31-27(36)30-12-11-29-25(34)17-37-19(2)33)26(35)32-13-9-22(10-14-32)21-7-4-20(16-28)5-8-21/h3-8,15,22H,9-14,17H2,1-2H3,(H,29,34)(H2,30,31,36). The van der Waals surface area contributed by atoms with Gasteiger partial charge in [0.2, 0.25) is 0 Å². The number of carbonyl (C=O) groups is 4. The van der Waals surface area contributed by atoms with E-state index in [0.717, 1.165) is 18.4 Å². The number of nitrogens with one attached hydrogen (secondary N) is 3. The molecule has 4 amide bonds. The van der Waals surface area contributed by atoms with E-state index in [1.807, 2.05) is 36.1 Å². The number of urea groups is 1. The summed E-state index contributed by atoms with van der Waals surface area (Å²) in [5.41, 5.74) is 3.64. The highest BCUT2D eigenvalue weighted by Gasteiger charge is 2.25. The number of rotatable bonds is 8. The lowest BCUT2D eigenvalue weighted by Crippen LogP contribution is -2.38. The topological polar surface area (TPSA) is 141 Å².